The summed E-state index contributed by atoms with van der Waals surface area (Å²) < 4.78 is 0. The third-order valence-corrected chi connectivity index (χ3v) is 1.62. The summed E-state index contributed by atoms with van der Waals surface area (Å²) >= 11 is 0. The molecule has 0 unspecified atom stereocenters. The average Bonchev–Trinajstić information content (AvgIpc) is 1.96. The molecule has 0 aliphatic heterocycles. The molecule has 2 rings (SSSR count). The molecule has 1 nitrogen and oxygen atoms in total. The predicted octanol–water partition coefficient (Wildman–Crippen LogP) is 2.21. The van der Waals surface area contributed by atoms with E-state index < -0.39 is 0 Å². The molecule has 54 valence electrons. The van der Waals surface area contributed by atoms with Crippen molar-refractivity contribution in [3.8, 4) is 0 Å². The van der Waals surface area contributed by atoms with E-state index in [1.54, 1.807) is 0 Å². The molecule has 1 heterocycles. The molecule has 1 aliphatic rings. The second kappa shape index (κ2) is 3.35. The standard InChI is InChI=1S/C7H7N.C2H6/c1-2-6-3-4-7(6)8-5-1;1-2/h1-2,5H,3-4H2;1-2H3. The van der Waals surface area contributed by atoms with Crippen molar-refractivity contribution in [2.24, 2.45) is 0 Å². The van der Waals surface area contributed by atoms with Crippen molar-refractivity contribution < 1.29 is 0 Å². The van der Waals surface area contributed by atoms with Crippen LogP contribution in [0.2, 0.25) is 0 Å². The molecule has 10 heavy (non-hydrogen) atoms. The predicted molar refractivity (Wildman–Crippen MR) is 43.0 cm³/mol. The van der Waals surface area contributed by atoms with Gasteiger partial charge in [0.05, 0.1) is 0 Å². The number of hydrogen-bond acceptors (Lipinski definition) is 1. The van der Waals surface area contributed by atoms with Gasteiger partial charge in [0.1, 0.15) is 0 Å². The van der Waals surface area contributed by atoms with Gasteiger partial charge in [-0.1, -0.05) is 19.9 Å². The van der Waals surface area contributed by atoms with E-state index in [4.69, 9.17) is 0 Å². The normalized spacial score (nSPS) is 12.2. The molecule has 0 spiro atoms. The van der Waals surface area contributed by atoms with Gasteiger partial charge >= 0.3 is 0 Å². The highest BCUT2D eigenvalue weighted by Gasteiger charge is 2.11. The highest BCUT2D eigenvalue weighted by atomic mass is 14.7. The molecule has 0 aromatic carbocycles. The third kappa shape index (κ3) is 1.18. The molecule has 0 amide bonds. The Balaban J connectivity index is 0.000000231. The number of rotatable bonds is 0. The second-order valence-electron chi connectivity index (χ2n) is 2.11. The van der Waals surface area contributed by atoms with Crippen molar-refractivity contribution in [3.05, 3.63) is 29.6 Å². The Hall–Kier alpha value is -0.850. The molecule has 0 saturated carbocycles. The van der Waals surface area contributed by atoms with Crippen LogP contribution in [0.25, 0.3) is 0 Å². The van der Waals surface area contributed by atoms with Gasteiger partial charge < -0.3 is 0 Å². The topological polar surface area (TPSA) is 12.9 Å². The monoisotopic (exact) mass is 135 g/mol. The highest BCUT2D eigenvalue weighted by molar-refractivity contribution is 5.28. The van der Waals surface area contributed by atoms with Gasteiger partial charge in [-0.05, 0) is 24.5 Å². The minimum atomic E-state index is 1.19. The first kappa shape index (κ1) is 7.26. The molecule has 0 atom stereocenters. The summed E-state index contributed by atoms with van der Waals surface area (Å²) in [6.07, 6.45) is 4.29. The summed E-state index contributed by atoms with van der Waals surface area (Å²) in [7, 11) is 0. The maximum Gasteiger partial charge on any atom is 0.0438 e. The highest BCUT2D eigenvalue weighted by Crippen LogP contribution is 2.17. The van der Waals surface area contributed by atoms with Crippen LogP contribution in [0, 0.1) is 0 Å². The van der Waals surface area contributed by atoms with Crippen LogP contribution in [-0.2, 0) is 12.8 Å². The maximum absolute atomic E-state index is 4.17. The fourth-order valence-electron chi connectivity index (χ4n) is 1.00. The first-order valence-electron chi connectivity index (χ1n) is 3.89. The van der Waals surface area contributed by atoms with Crippen molar-refractivity contribution in [2.45, 2.75) is 26.7 Å². The minimum Gasteiger partial charge on any atom is -0.261 e. The smallest absolute Gasteiger partial charge is 0.0438 e. The van der Waals surface area contributed by atoms with Crippen LogP contribution >= 0.6 is 0 Å². The lowest BCUT2D eigenvalue weighted by Gasteiger charge is -2.14. The van der Waals surface area contributed by atoms with E-state index in [0.29, 0.717) is 0 Å². The van der Waals surface area contributed by atoms with Gasteiger partial charge in [0.25, 0.3) is 0 Å². The van der Waals surface area contributed by atoms with E-state index in [1.165, 1.54) is 24.1 Å². The molecule has 0 N–H and O–H groups in total. The van der Waals surface area contributed by atoms with Gasteiger partial charge in [-0.25, -0.2) is 0 Å². The molecule has 0 fully saturated rings. The summed E-state index contributed by atoms with van der Waals surface area (Å²) in [5, 5.41) is 0. The van der Waals surface area contributed by atoms with E-state index in [2.05, 4.69) is 11.1 Å². The fraction of sp³-hybridized carbons (Fsp3) is 0.444. The third-order valence-electron chi connectivity index (χ3n) is 1.62. The zero-order chi connectivity index (χ0) is 7.40. The maximum atomic E-state index is 4.17. The Labute approximate surface area is 62.1 Å². The van der Waals surface area contributed by atoms with Crippen LogP contribution in [0.4, 0.5) is 0 Å². The second-order valence-corrected chi connectivity index (χ2v) is 2.11. The molecular weight excluding hydrogens is 122 g/mol. The van der Waals surface area contributed by atoms with E-state index in [9.17, 15) is 0 Å². The van der Waals surface area contributed by atoms with Gasteiger partial charge in [0.15, 0.2) is 0 Å². The summed E-state index contributed by atoms with van der Waals surface area (Å²) in [4.78, 5) is 4.17. The van der Waals surface area contributed by atoms with Gasteiger partial charge in [0, 0.05) is 11.9 Å². The number of hydrogen-bond donors (Lipinski definition) is 0. The van der Waals surface area contributed by atoms with Crippen molar-refractivity contribution >= 4 is 0 Å². The molecule has 0 radical (unpaired) electrons. The average molecular weight is 135 g/mol. The number of aromatic nitrogens is 1. The van der Waals surface area contributed by atoms with Crippen LogP contribution in [0.3, 0.4) is 0 Å². The number of pyridine rings is 1. The van der Waals surface area contributed by atoms with Gasteiger partial charge in [-0.2, -0.15) is 0 Å². The van der Waals surface area contributed by atoms with Crippen molar-refractivity contribution in [2.75, 3.05) is 0 Å². The molecule has 1 aromatic rings. The lowest BCUT2D eigenvalue weighted by atomic mass is 9.95. The molecule has 1 aliphatic carbocycles. The SMILES string of the molecule is CC.c1cnc2c(c1)CC2. The van der Waals surface area contributed by atoms with Crippen molar-refractivity contribution in [1.29, 1.82) is 0 Å². The quantitative estimate of drug-likeness (QED) is 0.531. The summed E-state index contributed by atoms with van der Waals surface area (Å²) in [5.41, 5.74) is 2.74. The van der Waals surface area contributed by atoms with Gasteiger partial charge in [-0.3, -0.25) is 4.98 Å². The zero-order valence-corrected chi connectivity index (χ0v) is 6.59. The Bertz CT molecular complexity index is 183. The van der Waals surface area contributed by atoms with Gasteiger partial charge in [0.2, 0.25) is 0 Å². The number of nitrogens with zero attached hydrogens (tertiary/aromatic N) is 1. The fourth-order valence-corrected chi connectivity index (χ4v) is 1.00. The molecule has 1 heteroatoms. The molecule has 1 aromatic heterocycles. The first-order chi connectivity index (χ1) is 4.97. The first-order valence-corrected chi connectivity index (χ1v) is 3.89. The Morgan fingerprint density at radius 3 is 2.40 bits per heavy atom. The van der Waals surface area contributed by atoms with E-state index >= 15 is 0 Å². The van der Waals surface area contributed by atoms with Crippen LogP contribution in [0.1, 0.15) is 25.1 Å². The Morgan fingerprint density at radius 2 is 2.10 bits per heavy atom. The number of aryl methyl sites for hydroxylation is 2. The van der Waals surface area contributed by atoms with Crippen molar-refractivity contribution in [1.82, 2.24) is 4.98 Å². The minimum absolute atomic E-state index is 1.19. The largest absolute Gasteiger partial charge is 0.261 e. The van der Waals surface area contributed by atoms with Gasteiger partial charge in [-0.15, -0.1) is 0 Å². The van der Waals surface area contributed by atoms with E-state index in [1.807, 2.05) is 26.1 Å². The summed E-state index contributed by atoms with van der Waals surface area (Å²) in [6.45, 7) is 4.00. The van der Waals surface area contributed by atoms with E-state index in [0.717, 1.165) is 0 Å². The lowest BCUT2D eigenvalue weighted by molar-refractivity contribution is 0.789. The molecular formula is C9H13N. The van der Waals surface area contributed by atoms with Crippen LogP contribution in [0.15, 0.2) is 18.3 Å². The number of fused-ring (bicyclic) bond motifs is 1. The van der Waals surface area contributed by atoms with Crippen LogP contribution in [-0.4, -0.2) is 4.98 Å². The lowest BCUT2D eigenvalue weighted by Crippen LogP contribution is -2.09. The Morgan fingerprint density at radius 1 is 1.30 bits per heavy atom. The van der Waals surface area contributed by atoms with Crippen LogP contribution in [0.5, 0.6) is 0 Å². The zero-order valence-electron chi connectivity index (χ0n) is 6.59. The van der Waals surface area contributed by atoms with E-state index in [-0.39, 0.29) is 0 Å². The summed E-state index contributed by atoms with van der Waals surface area (Å²) in [6, 6.07) is 4.14. The van der Waals surface area contributed by atoms with Crippen LogP contribution < -0.4 is 0 Å². The Kier molecular flexibility index (Phi) is 2.43. The van der Waals surface area contributed by atoms with Crippen molar-refractivity contribution in [3.63, 3.8) is 0 Å². The molecule has 0 bridgehead atoms. The molecule has 0 saturated heterocycles. The summed E-state index contributed by atoms with van der Waals surface area (Å²) in [5.74, 6) is 0.